The average Bonchev–Trinajstić information content (AvgIpc) is 2.78. The zero-order chi connectivity index (χ0) is 15.2. The summed E-state index contributed by atoms with van der Waals surface area (Å²) in [5.74, 6) is 0. The number of sulfonamides is 1. The van der Waals surface area contributed by atoms with E-state index in [1.165, 1.54) is 10.6 Å². The molecule has 118 valence electrons. The molecule has 1 fully saturated rings. The molecule has 1 heterocycles. The largest absolute Gasteiger partial charge is 0.377 e. The van der Waals surface area contributed by atoms with Crippen LogP contribution in [-0.4, -0.2) is 63.4 Å². The van der Waals surface area contributed by atoms with Crippen molar-refractivity contribution >= 4 is 16.1 Å². The number of carbonyl (C=O) groups excluding carboxylic acids is 1. The number of amides is 2. The van der Waals surface area contributed by atoms with Gasteiger partial charge in [0, 0.05) is 32.3 Å². The van der Waals surface area contributed by atoms with Gasteiger partial charge in [-0.1, -0.05) is 0 Å². The fraction of sp³-hybridized carbons (Fsp3) is 0.917. The molecule has 1 rings (SSSR count). The van der Waals surface area contributed by atoms with Gasteiger partial charge >= 0.3 is 6.03 Å². The summed E-state index contributed by atoms with van der Waals surface area (Å²) in [6.45, 7) is 5.30. The molecule has 2 N–H and O–H groups in total. The molecule has 1 aliphatic heterocycles. The fourth-order valence-corrected chi connectivity index (χ4v) is 2.88. The first kappa shape index (κ1) is 17.2. The highest BCUT2D eigenvalue weighted by Crippen LogP contribution is 2.14. The highest BCUT2D eigenvalue weighted by atomic mass is 32.2. The summed E-state index contributed by atoms with van der Waals surface area (Å²) in [4.78, 5) is 11.4. The molecular formula is C12H25N3O4S. The van der Waals surface area contributed by atoms with E-state index in [0.29, 0.717) is 13.2 Å². The summed E-state index contributed by atoms with van der Waals surface area (Å²) in [5.41, 5.74) is 0. The highest BCUT2D eigenvalue weighted by Gasteiger charge is 2.24. The average molecular weight is 307 g/mol. The minimum Gasteiger partial charge on any atom is -0.377 e. The lowest BCUT2D eigenvalue weighted by Crippen LogP contribution is -2.45. The predicted molar refractivity (Wildman–Crippen MR) is 77.1 cm³/mol. The van der Waals surface area contributed by atoms with Crippen molar-refractivity contribution in [1.29, 1.82) is 0 Å². The molecule has 2 amide bonds. The second-order valence-electron chi connectivity index (χ2n) is 5.31. The first-order valence-corrected chi connectivity index (χ1v) is 8.75. The Bertz CT molecular complexity index is 405. The molecule has 0 aliphatic carbocycles. The van der Waals surface area contributed by atoms with E-state index in [0.717, 1.165) is 12.8 Å². The lowest BCUT2D eigenvalue weighted by molar-refractivity contribution is 0.0941. The number of carbonyl (C=O) groups is 1. The van der Waals surface area contributed by atoms with Crippen molar-refractivity contribution in [1.82, 2.24) is 14.9 Å². The molecule has 7 nitrogen and oxygen atoms in total. The van der Waals surface area contributed by atoms with Crippen LogP contribution < -0.4 is 10.6 Å². The molecule has 8 heteroatoms. The minimum atomic E-state index is -3.29. The second kappa shape index (κ2) is 7.80. The second-order valence-corrected chi connectivity index (χ2v) is 7.29. The van der Waals surface area contributed by atoms with Gasteiger partial charge in [-0.25, -0.2) is 13.2 Å². The van der Waals surface area contributed by atoms with Crippen LogP contribution in [-0.2, 0) is 14.8 Å². The summed E-state index contributed by atoms with van der Waals surface area (Å²) >= 11 is 0. The Kier molecular flexibility index (Phi) is 6.70. The maximum atomic E-state index is 11.7. The zero-order valence-electron chi connectivity index (χ0n) is 12.4. The van der Waals surface area contributed by atoms with Crippen LogP contribution in [0.2, 0.25) is 0 Å². The number of nitrogens with zero attached hydrogens (tertiary/aromatic N) is 1. The van der Waals surface area contributed by atoms with Gasteiger partial charge in [0.05, 0.1) is 12.4 Å². The summed E-state index contributed by atoms with van der Waals surface area (Å²) in [6.07, 6.45) is 3.00. The fourth-order valence-electron chi connectivity index (χ4n) is 2.02. The SMILES string of the molecule is CC(C)NC(=O)NCCN(CC1CCCO1)S(C)(=O)=O. The summed E-state index contributed by atoms with van der Waals surface area (Å²) < 4.78 is 30.2. The van der Waals surface area contributed by atoms with Gasteiger partial charge in [0.1, 0.15) is 0 Å². The molecule has 0 bridgehead atoms. The van der Waals surface area contributed by atoms with Gasteiger partial charge in [0.15, 0.2) is 0 Å². The van der Waals surface area contributed by atoms with Crippen LogP contribution in [0.15, 0.2) is 0 Å². The molecule has 1 atom stereocenters. The first-order valence-electron chi connectivity index (χ1n) is 6.90. The normalized spacial score (nSPS) is 19.6. The maximum Gasteiger partial charge on any atom is 0.315 e. The van der Waals surface area contributed by atoms with Crippen molar-refractivity contribution in [2.75, 3.05) is 32.5 Å². The number of hydrogen-bond acceptors (Lipinski definition) is 4. The van der Waals surface area contributed by atoms with Crippen molar-refractivity contribution < 1.29 is 17.9 Å². The van der Waals surface area contributed by atoms with E-state index in [1.54, 1.807) is 0 Å². The van der Waals surface area contributed by atoms with Crippen LogP contribution in [0, 0.1) is 0 Å². The van der Waals surface area contributed by atoms with Crippen molar-refractivity contribution in [3.63, 3.8) is 0 Å². The number of rotatable bonds is 7. The first-order chi connectivity index (χ1) is 9.29. The molecule has 0 saturated carbocycles. The molecule has 1 aliphatic rings. The lowest BCUT2D eigenvalue weighted by Gasteiger charge is -2.23. The monoisotopic (exact) mass is 307 g/mol. The van der Waals surface area contributed by atoms with Crippen LogP contribution >= 0.6 is 0 Å². The summed E-state index contributed by atoms with van der Waals surface area (Å²) in [6, 6.07) is -0.238. The van der Waals surface area contributed by atoms with E-state index in [2.05, 4.69) is 10.6 Å². The van der Waals surface area contributed by atoms with E-state index < -0.39 is 10.0 Å². The van der Waals surface area contributed by atoms with E-state index in [9.17, 15) is 13.2 Å². The van der Waals surface area contributed by atoms with Gasteiger partial charge in [-0.2, -0.15) is 4.31 Å². The van der Waals surface area contributed by atoms with E-state index in [1.807, 2.05) is 13.8 Å². The molecule has 0 radical (unpaired) electrons. The molecule has 1 unspecified atom stereocenters. The van der Waals surface area contributed by atoms with Crippen molar-refractivity contribution in [3.8, 4) is 0 Å². The Morgan fingerprint density at radius 1 is 1.45 bits per heavy atom. The van der Waals surface area contributed by atoms with Gasteiger partial charge in [-0.05, 0) is 26.7 Å². The van der Waals surface area contributed by atoms with Crippen LogP contribution in [0.25, 0.3) is 0 Å². The number of urea groups is 1. The Morgan fingerprint density at radius 3 is 2.65 bits per heavy atom. The van der Waals surface area contributed by atoms with Crippen LogP contribution in [0.4, 0.5) is 4.79 Å². The smallest absolute Gasteiger partial charge is 0.315 e. The lowest BCUT2D eigenvalue weighted by atomic mass is 10.2. The Labute approximate surface area is 121 Å². The third kappa shape index (κ3) is 6.53. The maximum absolute atomic E-state index is 11.7. The van der Waals surface area contributed by atoms with E-state index >= 15 is 0 Å². The van der Waals surface area contributed by atoms with Gasteiger partial charge in [-0.3, -0.25) is 0 Å². The molecule has 20 heavy (non-hydrogen) atoms. The minimum absolute atomic E-state index is 0.0331. The molecule has 0 aromatic heterocycles. The number of nitrogens with one attached hydrogen (secondary N) is 2. The van der Waals surface area contributed by atoms with Crippen LogP contribution in [0.5, 0.6) is 0 Å². The number of hydrogen-bond donors (Lipinski definition) is 2. The number of ether oxygens (including phenoxy) is 1. The van der Waals surface area contributed by atoms with Crippen molar-refractivity contribution in [2.24, 2.45) is 0 Å². The van der Waals surface area contributed by atoms with Gasteiger partial charge in [0.2, 0.25) is 10.0 Å². The Hall–Kier alpha value is -0.860. The summed E-state index contributed by atoms with van der Waals surface area (Å²) in [5, 5.41) is 5.33. The standard InChI is InChI=1S/C12H25N3O4S/c1-10(2)14-12(16)13-6-7-15(20(3,17)18)9-11-5-4-8-19-11/h10-11H,4-9H2,1-3H3,(H2,13,14,16). The molecule has 0 aromatic carbocycles. The predicted octanol–water partition coefficient (Wildman–Crippen LogP) is 0.135. The Balaban J connectivity index is 2.39. The highest BCUT2D eigenvalue weighted by molar-refractivity contribution is 7.88. The molecule has 0 spiro atoms. The molecule has 0 aromatic rings. The topological polar surface area (TPSA) is 87.7 Å². The zero-order valence-corrected chi connectivity index (χ0v) is 13.2. The van der Waals surface area contributed by atoms with Gasteiger partial charge < -0.3 is 15.4 Å². The van der Waals surface area contributed by atoms with Crippen LogP contribution in [0.1, 0.15) is 26.7 Å². The quantitative estimate of drug-likeness (QED) is 0.700. The summed E-state index contributed by atoms with van der Waals surface area (Å²) in [7, 11) is -3.29. The van der Waals surface area contributed by atoms with E-state index in [-0.39, 0.29) is 31.3 Å². The third-order valence-corrected chi connectivity index (χ3v) is 4.24. The van der Waals surface area contributed by atoms with Crippen molar-refractivity contribution in [3.05, 3.63) is 0 Å². The van der Waals surface area contributed by atoms with E-state index in [4.69, 9.17) is 4.74 Å². The van der Waals surface area contributed by atoms with Crippen molar-refractivity contribution in [2.45, 2.75) is 38.8 Å². The van der Waals surface area contributed by atoms with Gasteiger partial charge in [0.25, 0.3) is 0 Å². The Morgan fingerprint density at radius 2 is 2.15 bits per heavy atom. The molecular weight excluding hydrogens is 282 g/mol. The van der Waals surface area contributed by atoms with Crippen LogP contribution in [0.3, 0.4) is 0 Å². The molecule has 1 saturated heterocycles. The third-order valence-electron chi connectivity index (χ3n) is 2.97. The van der Waals surface area contributed by atoms with Gasteiger partial charge in [-0.15, -0.1) is 0 Å².